The van der Waals surface area contributed by atoms with Gasteiger partial charge in [-0.25, -0.2) is 0 Å². The molecule has 0 radical (unpaired) electrons. The van der Waals surface area contributed by atoms with E-state index < -0.39 is 11.8 Å². The molecule has 8 heteroatoms. The van der Waals surface area contributed by atoms with E-state index in [1.54, 1.807) is 62.8 Å². The zero-order valence-corrected chi connectivity index (χ0v) is 18.1. The van der Waals surface area contributed by atoms with Gasteiger partial charge in [-0.3, -0.25) is 9.59 Å². The molecule has 2 N–H and O–H groups in total. The largest absolute Gasteiger partial charge is 0.497 e. The van der Waals surface area contributed by atoms with E-state index in [1.807, 2.05) is 17.5 Å². The summed E-state index contributed by atoms with van der Waals surface area (Å²) in [5.74, 6) is 0.762. The number of thiophene rings is 1. The molecule has 3 aromatic rings. The first-order valence-electron chi connectivity index (χ1n) is 9.28. The first kappa shape index (κ1) is 21.9. The van der Waals surface area contributed by atoms with Crippen molar-refractivity contribution in [3.63, 3.8) is 0 Å². The number of methoxy groups -OCH3 is 3. The molecule has 2 aromatic carbocycles. The maximum absolute atomic E-state index is 13.0. The molecule has 31 heavy (non-hydrogen) atoms. The Morgan fingerprint density at radius 1 is 0.903 bits per heavy atom. The molecular weight excluding hydrogens is 416 g/mol. The van der Waals surface area contributed by atoms with Gasteiger partial charge >= 0.3 is 0 Å². The number of ether oxygens (including phenoxy) is 3. The Labute approximate surface area is 184 Å². The van der Waals surface area contributed by atoms with Crippen molar-refractivity contribution in [2.75, 3.05) is 26.6 Å². The normalized spacial score (nSPS) is 10.9. The van der Waals surface area contributed by atoms with E-state index in [4.69, 9.17) is 14.2 Å². The van der Waals surface area contributed by atoms with Crippen molar-refractivity contribution in [2.24, 2.45) is 0 Å². The second kappa shape index (κ2) is 10.3. The molecule has 0 bridgehead atoms. The smallest absolute Gasteiger partial charge is 0.272 e. The fourth-order valence-corrected chi connectivity index (χ4v) is 3.36. The van der Waals surface area contributed by atoms with Gasteiger partial charge in [0.05, 0.1) is 27.0 Å². The highest BCUT2D eigenvalue weighted by Crippen LogP contribution is 2.29. The van der Waals surface area contributed by atoms with E-state index in [9.17, 15) is 9.59 Å². The Morgan fingerprint density at radius 2 is 1.61 bits per heavy atom. The lowest BCUT2D eigenvalue weighted by atomic mass is 10.2. The van der Waals surface area contributed by atoms with E-state index in [-0.39, 0.29) is 5.70 Å². The summed E-state index contributed by atoms with van der Waals surface area (Å²) in [6.07, 6.45) is 1.62. The summed E-state index contributed by atoms with van der Waals surface area (Å²) >= 11 is 1.45. The predicted octanol–water partition coefficient (Wildman–Crippen LogP) is 4.18. The summed E-state index contributed by atoms with van der Waals surface area (Å²) in [4.78, 5) is 26.6. The van der Waals surface area contributed by atoms with Crippen molar-refractivity contribution >= 4 is 34.9 Å². The van der Waals surface area contributed by atoms with Crippen LogP contribution in [0.4, 0.5) is 5.69 Å². The second-order valence-corrected chi connectivity index (χ2v) is 7.26. The quantitative estimate of drug-likeness (QED) is 0.515. The monoisotopic (exact) mass is 438 g/mol. The first-order valence-corrected chi connectivity index (χ1v) is 10.2. The molecular formula is C23H22N2O5S. The molecule has 0 spiro atoms. The van der Waals surface area contributed by atoms with Gasteiger partial charge in [0, 0.05) is 16.5 Å². The number of amides is 2. The van der Waals surface area contributed by atoms with E-state index in [0.717, 1.165) is 4.88 Å². The fraction of sp³-hybridized carbons (Fsp3) is 0.130. The number of hydrogen-bond donors (Lipinski definition) is 2. The summed E-state index contributed by atoms with van der Waals surface area (Å²) in [6.45, 7) is 0. The van der Waals surface area contributed by atoms with Crippen LogP contribution < -0.4 is 24.8 Å². The summed E-state index contributed by atoms with van der Waals surface area (Å²) in [5, 5.41) is 7.37. The van der Waals surface area contributed by atoms with Crippen LogP contribution in [0.3, 0.4) is 0 Å². The van der Waals surface area contributed by atoms with Crippen molar-refractivity contribution in [2.45, 2.75) is 0 Å². The Kier molecular flexibility index (Phi) is 7.29. The lowest BCUT2D eigenvalue weighted by Crippen LogP contribution is -2.30. The molecule has 0 saturated heterocycles. The second-order valence-electron chi connectivity index (χ2n) is 6.28. The number of anilines is 1. The highest BCUT2D eigenvalue weighted by Gasteiger charge is 2.17. The van der Waals surface area contributed by atoms with Crippen molar-refractivity contribution in [3.05, 3.63) is 76.1 Å². The molecule has 0 fully saturated rings. The minimum Gasteiger partial charge on any atom is -0.497 e. The van der Waals surface area contributed by atoms with E-state index >= 15 is 0 Å². The van der Waals surface area contributed by atoms with Crippen LogP contribution in [-0.2, 0) is 4.79 Å². The fourth-order valence-electron chi connectivity index (χ4n) is 2.70. The van der Waals surface area contributed by atoms with Gasteiger partial charge in [-0.1, -0.05) is 6.07 Å². The highest BCUT2D eigenvalue weighted by molar-refractivity contribution is 7.10. The number of benzene rings is 2. The van der Waals surface area contributed by atoms with Crippen molar-refractivity contribution < 1.29 is 23.8 Å². The third-order valence-electron chi connectivity index (χ3n) is 4.33. The molecule has 0 aliphatic carbocycles. The van der Waals surface area contributed by atoms with Gasteiger partial charge in [0.2, 0.25) is 0 Å². The molecule has 160 valence electrons. The van der Waals surface area contributed by atoms with E-state index in [1.165, 1.54) is 18.4 Å². The minimum atomic E-state index is -0.487. The number of hydrogen-bond acceptors (Lipinski definition) is 6. The molecule has 0 aliphatic rings. The molecule has 0 aliphatic heterocycles. The van der Waals surface area contributed by atoms with Crippen LogP contribution in [0, 0.1) is 0 Å². The molecule has 1 heterocycles. The van der Waals surface area contributed by atoms with Crippen LogP contribution >= 0.6 is 11.3 Å². The third kappa shape index (κ3) is 5.64. The Balaban J connectivity index is 1.85. The van der Waals surface area contributed by atoms with E-state index in [0.29, 0.717) is 28.5 Å². The zero-order chi connectivity index (χ0) is 22.2. The number of nitrogens with one attached hydrogen (secondary N) is 2. The van der Waals surface area contributed by atoms with Gasteiger partial charge in [0.15, 0.2) is 0 Å². The van der Waals surface area contributed by atoms with Crippen molar-refractivity contribution in [1.82, 2.24) is 5.32 Å². The SMILES string of the molecule is COc1ccc(C(=O)N/C(=C\c2cccs2)C(=O)Nc2ccc(OC)cc2OC)cc1. The third-order valence-corrected chi connectivity index (χ3v) is 5.15. The summed E-state index contributed by atoms with van der Waals surface area (Å²) in [7, 11) is 4.59. The van der Waals surface area contributed by atoms with Gasteiger partial charge in [0.25, 0.3) is 11.8 Å². The summed E-state index contributed by atoms with van der Waals surface area (Å²) in [6, 6.07) is 15.4. The standard InChI is InChI=1S/C23H22N2O5S/c1-28-16-8-6-15(7-9-16)22(26)25-20(14-18-5-4-12-31-18)23(27)24-19-11-10-17(29-2)13-21(19)30-3/h4-14H,1-3H3,(H,24,27)(H,25,26)/b20-14-. The van der Waals surface area contributed by atoms with Crippen LogP contribution in [0.25, 0.3) is 6.08 Å². The highest BCUT2D eigenvalue weighted by atomic mass is 32.1. The average molecular weight is 439 g/mol. The molecule has 1 aromatic heterocycles. The lowest BCUT2D eigenvalue weighted by molar-refractivity contribution is -0.113. The molecule has 7 nitrogen and oxygen atoms in total. The number of carbonyl (C=O) groups is 2. The maximum Gasteiger partial charge on any atom is 0.272 e. The predicted molar refractivity (Wildman–Crippen MR) is 121 cm³/mol. The van der Waals surface area contributed by atoms with Crippen LogP contribution in [0.5, 0.6) is 17.2 Å². The van der Waals surface area contributed by atoms with Crippen LogP contribution in [0.2, 0.25) is 0 Å². The lowest BCUT2D eigenvalue weighted by Gasteiger charge is -2.14. The summed E-state index contributed by atoms with van der Waals surface area (Å²) < 4.78 is 15.6. The maximum atomic E-state index is 13.0. The molecule has 2 amide bonds. The average Bonchev–Trinajstić information content (AvgIpc) is 3.32. The van der Waals surface area contributed by atoms with Crippen molar-refractivity contribution in [1.29, 1.82) is 0 Å². The zero-order valence-electron chi connectivity index (χ0n) is 17.3. The number of rotatable bonds is 8. The van der Waals surface area contributed by atoms with Gasteiger partial charge in [0.1, 0.15) is 22.9 Å². The Morgan fingerprint density at radius 3 is 2.23 bits per heavy atom. The first-order chi connectivity index (χ1) is 15.0. The van der Waals surface area contributed by atoms with Gasteiger partial charge in [-0.05, 0) is 53.9 Å². The van der Waals surface area contributed by atoms with E-state index in [2.05, 4.69) is 10.6 Å². The van der Waals surface area contributed by atoms with Gasteiger partial charge in [-0.2, -0.15) is 0 Å². The van der Waals surface area contributed by atoms with Gasteiger partial charge in [-0.15, -0.1) is 11.3 Å². The Bertz CT molecular complexity index is 1080. The molecule has 0 saturated carbocycles. The molecule has 0 unspecified atom stereocenters. The Hall–Kier alpha value is -3.78. The van der Waals surface area contributed by atoms with Crippen molar-refractivity contribution in [3.8, 4) is 17.2 Å². The van der Waals surface area contributed by atoms with Crippen LogP contribution in [0.15, 0.2) is 65.7 Å². The topological polar surface area (TPSA) is 85.9 Å². The minimum absolute atomic E-state index is 0.0983. The summed E-state index contributed by atoms with van der Waals surface area (Å²) in [5.41, 5.74) is 0.943. The number of carbonyl (C=O) groups excluding carboxylic acids is 2. The van der Waals surface area contributed by atoms with Crippen LogP contribution in [-0.4, -0.2) is 33.1 Å². The molecule has 0 atom stereocenters. The molecule has 3 rings (SSSR count). The van der Waals surface area contributed by atoms with Gasteiger partial charge < -0.3 is 24.8 Å². The van der Waals surface area contributed by atoms with Crippen LogP contribution in [0.1, 0.15) is 15.2 Å².